The molecule has 0 spiro atoms. The van der Waals surface area contributed by atoms with Crippen molar-refractivity contribution in [2.45, 2.75) is 33.1 Å². The van der Waals surface area contributed by atoms with E-state index in [1.807, 2.05) is 12.4 Å². The zero-order chi connectivity index (χ0) is 11.1. The first kappa shape index (κ1) is 10.2. The Morgan fingerprint density at radius 2 is 1.87 bits per heavy atom. The number of nitrogens with zero attached hydrogens (tertiary/aromatic N) is 1. The molecule has 0 bridgehead atoms. The Labute approximate surface area is 91.2 Å². The van der Waals surface area contributed by atoms with Gasteiger partial charge in [-0.2, -0.15) is 0 Å². The van der Waals surface area contributed by atoms with Gasteiger partial charge in [0.1, 0.15) is 0 Å². The van der Waals surface area contributed by atoms with Crippen LogP contribution < -0.4 is 0 Å². The Kier molecular flexibility index (Phi) is 2.26. The molecular formula is C14H17N. The van der Waals surface area contributed by atoms with Crippen LogP contribution in [0.1, 0.15) is 31.9 Å². The van der Waals surface area contributed by atoms with Crippen molar-refractivity contribution in [3.8, 4) is 0 Å². The van der Waals surface area contributed by atoms with Crippen molar-refractivity contribution in [3.63, 3.8) is 0 Å². The molecular weight excluding hydrogens is 182 g/mol. The number of aryl methyl sites for hydroxylation is 1. The van der Waals surface area contributed by atoms with Gasteiger partial charge in [-0.15, -0.1) is 0 Å². The quantitative estimate of drug-likeness (QED) is 0.628. The van der Waals surface area contributed by atoms with E-state index in [1.165, 1.54) is 21.9 Å². The van der Waals surface area contributed by atoms with Crippen LogP contribution in [0.4, 0.5) is 0 Å². The Bertz CT molecular complexity index is 492. The summed E-state index contributed by atoms with van der Waals surface area (Å²) in [5, 5.41) is 2.56. The summed E-state index contributed by atoms with van der Waals surface area (Å²) in [5.41, 5.74) is 2.87. The van der Waals surface area contributed by atoms with Crippen LogP contribution in [-0.2, 0) is 5.41 Å². The van der Waals surface area contributed by atoms with E-state index in [9.17, 15) is 0 Å². The molecule has 1 aromatic carbocycles. The molecule has 0 saturated heterocycles. The second kappa shape index (κ2) is 3.34. The molecule has 15 heavy (non-hydrogen) atoms. The van der Waals surface area contributed by atoms with Gasteiger partial charge in [-0.1, -0.05) is 38.5 Å². The molecule has 0 aliphatic carbocycles. The smallest absolute Gasteiger partial charge is 0.0349 e. The van der Waals surface area contributed by atoms with Gasteiger partial charge in [0.15, 0.2) is 0 Å². The maximum Gasteiger partial charge on any atom is 0.0349 e. The summed E-state index contributed by atoms with van der Waals surface area (Å²) in [7, 11) is 0. The molecule has 1 nitrogen and oxygen atoms in total. The van der Waals surface area contributed by atoms with Gasteiger partial charge < -0.3 is 0 Å². The maximum absolute atomic E-state index is 4.22. The number of fused-ring (bicyclic) bond motifs is 1. The van der Waals surface area contributed by atoms with Gasteiger partial charge in [-0.25, -0.2) is 0 Å². The minimum Gasteiger partial charge on any atom is -0.264 e. The normalized spacial score (nSPS) is 12.0. The van der Waals surface area contributed by atoms with Crippen LogP contribution in [0.15, 0.2) is 30.6 Å². The Balaban J connectivity index is 2.83. The number of pyridine rings is 1. The number of hydrogen-bond donors (Lipinski definition) is 0. The lowest BCUT2D eigenvalue weighted by Crippen LogP contribution is -2.12. The summed E-state index contributed by atoms with van der Waals surface area (Å²) in [6.45, 7) is 8.88. The van der Waals surface area contributed by atoms with Crippen LogP contribution in [0, 0.1) is 6.92 Å². The summed E-state index contributed by atoms with van der Waals surface area (Å²) >= 11 is 0. The van der Waals surface area contributed by atoms with Gasteiger partial charge in [0.2, 0.25) is 0 Å². The van der Waals surface area contributed by atoms with Gasteiger partial charge in [-0.3, -0.25) is 4.98 Å². The van der Waals surface area contributed by atoms with E-state index in [0.29, 0.717) is 0 Å². The summed E-state index contributed by atoms with van der Waals surface area (Å²) in [5.74, 6) is 0. The third kappa shape index (κ3) is 1.87. The topological polar surface area (TPSA) is 12.9 Å². The first-order chi connectivity index (χ1) is 6.98. The standard InChI is InChI=1S/C14H17N/c1-10-7-11-5-6-15-9-12(11)13(8-10)14(2,3)4/h5-9H,1-4H3. The first-order valence-corrected chi connectivity index (χ1v) is 5.33. The zero-order valence-electron chi connectivity index (χ0n) is 9.83. The molecule has 0 amide bonds. The SMILES string of the molecule is Cc1cc(C(C)(C)C)c2cnccc2c1. The molecule has 2 aromatic rings. The van der Waals surface area contributed by atoms with E-state index in [0.717, 1.165) is 0 Å². The fraction of sp³-hybridized carbons (Fsp3) is 0.357. The molecule has 0 aliphatic heterocycles. The van der Waals surface area contributed by atoms with E-state index in [1.54, 1.807) is 0 Å². The summed E-state index contributed by atoms with van der Waals surface area (Å²) in [4.78, 5) is 4.22. The molecule has 0 aliphatic rings. The minimum absolute atomic E-state index is 0.174. The van der Waals surface area contributed by atoms with Crippen LogP contribution in [0.25, 0.3) is 10.8 Å². The van der Waals surface area contributed by atoms with Crippen molar-refractivity contribution in [2.24, 2.45) is 0 Å². The number of rotatable bonds is 0. The van der Waals surface area contributed by atoms with E-state index in [2.05, 4.69) is 50.9 Å². The highest BCUT2D eigenvalue weighted by molar-refractivity contribution is 5.86. The lowest BCUT2D eigenvalue weighted by Gasteiger charge is -2.21. The number of hydrogen-bond acceptors (Lipinski definition) is 1. The highest BCUT2D eigenvalue weighted by Gasteiger charge is 2.17. The van der Waals surface area contributed by atoms with Gasteiger partial charge in [0.05, 0.1) is 0 Å². The fourth-order valence-electron chi connectivity index (χ4n) is 1.97. The first-order valence-electron chi connectivity index (χ1n) is 5.33. The van der Waals surface area contributed by atoms with Gasteiger partial charge >= 0.3 is 0 Å². The van der Waals surface area contributed by atoms with E-state index < -0.39 is 0 Å². The highest BCUT2D eigenvalue weighted by atomic mass is 14.6. The van der Waals surface area contributed by atoms with E-state index in [4.69, 9.17) is 0 Å². The van der Waals surface area contributed by atoms with Crippen LogP contribution in [0.3, 0.4) is 0 Å². The van der Waals surface area contributed by atoms with Crippen molar-refractivity contribution >= 4 is 10.8 Å². The van der Waals surface area contributed by atoms with Crippen molar-refractivity contribution < 1.29 is 0 Å². The molecule has 78 valence electrons. The predicted octanol–water partition coefficient (Wildman–Crippen LogP) is 3.84. The molecule has 0 radical (unpaired) electrons. The summed E-state index contributed by atoms with van der Waals surface area (Å²) in [6.07, 6.45) is 3.82. The molecule has 0 atom stereocenters. The Hall–Kier alpha value is -1.37. The minimum atomic E-state index is 0.174. The fourth-order valence-corrected chi connectivity index (χ4v) is 1.97. The van der Waals surface area contributed by atoms with Crippen molar-refractivity contribution in [1.29, 1.82) is 0 Å². The average Bonchev–Trinajstić information content (AvgIpc) is 2.15. The second-order valence-corrected chi connectivity index (χ2v) is 5.16. The second-order valence-electron chi connectivity index (χ2n) is 5.16. The maximum atomic E-state index is 4.22. The predicted molar refractivity (Wildman–Crippen MR) is 65.2 cm³/mol. The third-order valence-electron chi connectivity index (χ3n) is 2.71. The van der Waals surface area contributed by atoms with E-state index >= 15 is 0 Å². The van der Waals surface area contributed by atoms with Crippen LogP contribution in [0.5, 0.6) is 0 Å². The molecule has 1 heteroatoms. The Morgan fingerprint density at radius 3 is 2.53 bits per heavy atom. The lowest BCUT2D eigenvalue weighted by molar-refractivity contribution is 0.595. The van der Waals surface area contributed by atoms with Gasteiger partial charge in [0.25, 0.3) is 0 Å². The van der Waals surface area contributed by atoms with Crippen molar-refractivity contribution in [3.05, 3.63) is 41.7 Å². The number of benzene rings is 1. The third-order valence-corrected chi connectivity index (χ3v) is 2.71. The van der Waals surface area contributed by atoms with Crippen LogP contribution in [-0.4, -0.2) is 4.98 Å². The summed E-state index contributed by atoms with van der Waals surface area (Å²) < 4.78 is 0. The van der Waals surface area contributed by atoms with Gasteiger partial charge in [0, 0.05) is 17.8 Å². The number of aromatic nitrogens is 1. The highest BCUT2D eigenvalue weighted by Crippen LogP contribution is 2.30. The molecule has 0 unspecified atom stereocenters. The zero-order valence-corrected chi connectivity index (χ0v) is 9.83. The van der Waals surface area contributed by atoms with Crippen molar-refractivity contribution in [2.75, 3.05) is 0 Å². The van der Waals surface area contributed by atoms with Crippen LogP contribution in [0.2, 0.25) is 0 Å². The molecule has 0 fully saturated rings. The largest absolute Gasteiger partial charge is 0.264 e. The van der Waals surface area contributed by atoms with Crippen molar-refractivity contribution in [1.82, 2.24) is 4.98 Å². The van der Waals surface area contributed by atoms with E-state index in [-0.39, 0.29) is 5.41 Å². The lowest BCUT2D eigenvalue weighted by atomic mass is 9.83. The molecule has 1 aromatic heterocycles. The molecule has 0 saturated carbocycles. The molecule has 2 rings (SSSR count). The Morgan fingerprint density at radius 1 is 1.13 bits per heavy atom. The summed E-state index contributed by atoms with van der Waals surface area (Å²) in [6, 6.07) is 6.56. The van der Waals surface area contributed by atoms with Gasteiger partial charge in [-0.05, 0) is 29.4 Å². The molecule has 0 N–H and O–H groups in total. The average molecular weight is 199 g/mol. The molecule has 1 heterocycles. The monoisotopic (exact) mass is 199 g/mol. The van der Waals surface area contributed by atoms with Crippen LogP contribution >= 0.6 is 0 Å².